The van der Waals surface area contributed by atoms with Crippen LogP contribution in [0.5, 0.6) is 0 Å². The van der Waals surface area contributed by atoms with Gasteiger partial charge in [-0.05, 0) is 20.8 Å². The van der Waals surface area contributed by atoms with Gasteiger partial charge < -0.3 is 14.2 Å². The van der Waals surface area contributed by atoms with Crippen molar-refractivity contribution in [1.29, 1.82) is 0 Å². The van der Waals surface area contributed by atoms with Gasteiger partial charge in [0.25, 0.3) is 0 Å². The van der Waals surface area contributed by atoms with E-state index in [4.69, 9.17) is 4.74 Å². The maximum absolute atomic E-state index is 10.5. The molecule has 0 aromatic heterocycles. The smallest absolute Gasteiger partial charge is 0.438 e. The summed E-state index contributed by atoms with van der Waals surface area (Å²) in [6, 6.07) is 0. The molecule has 4 nitrogen and oxygen atoms in total. The molecule has 0 heterocycles. The number of carbonyl (C=O) groups excluding carboxylic acids is 1. The number of hydrogen-bond acceptors (Lipinski definition) is 4. The summed E-state index contributed by atoms with van der Waals surface area (Å²) in [6.45, 7) is 5.35. The molecule has 66 valence electrons. The molecular formula is C7H14O4. The Morgan fingerprint density at radius 1 is 1.27 bits per heavy atom. The predicted molar refractivity (Wildman–Crippen MR) is 39.2 cm³/mol. The molecule has 0 rings (SSSR count). The first kappa shape index (κ1) is 10.2. The maximum atomic E-state index is 10.5. The third kappa shape index (κ3) is 5.66. The average Bonchev–Trinajstić information content (AvgIpc) is 1.85. The molecule has 0 aromatic rings. The lowest BCUT2D eigenvalue weighted by Crippen LogP contribution is -2.21. The first-order valence-corrected chi connectivity index (χ1v) is 3.46. The van der Waals surface area contributed by atoms with Crippen LogP contribution in [0.2, 0.25) is 0 Å². The van der Waals surface area contributed by atoms with E-state index in [0.717, 1.165) is 0 Å². The van der Waals surface area contributed by atoms with Crippen molar-refractivity contribution in [2.24, 2.45) is 0 Å². The topological polar surface area (TPSA) is 44.8 Å². The monoisotopic (exact) mass is 162 g/mol. The van der Waals surface area contributed by atoms with Gasteiger partial charge in [0.1, 0.15) is 0 Å². The lowest BCUT2D eigenvalue weighted by atomic mass is 10.5. The van der Waals surface area contributed by atoms with Crippen LogP contribution in [0.1, 0.15) is 20.8 Å². The highest BCUT2D eigenvalue weighted by atomic mass is 16.8. The van der Waals surface area contributed by atoms with E-state index < -0.39 is 12.4 Å². The summed E-state index contributed by atoms with van der Waals surface area (Å²) in [5.41, 5.74) is 0. The molecule has 0 aliphatic carbocycles. The van der Waals surface area contributed by atoms with Crippen molar-refractivity contribution in [2.75, 3.05) is 7.11 Å². The summed E-state index contributed by atoms with van der Waals surface area (Å²) in [5, 5.41) is 0. The molecule has 0 bridgehead atoms. The van der Waals surface area contributed by atoms with Gasteiger partial charge in [-0.1, -0.05) is 0 Å². The average molecular weight is 162 g/mol. The van der Waals surface area contributed by atoms with E-state index in [0.29, 0.717) is 0 Å². The molecule has 11 heavy (non-hydrogen) atoms. The Morgan fingerprint density at radius 3 is 2.18 bits per heavy atom. The molecule has 0 N–H and O–H groups in total. The van der Waals surface area contributed by atoms with Crippen molar-refractivity contribution in [3.8, 4) is 0 Å². The van der Waals surface area contributed by atoms with Crippen LogP contribution in [-0.2, 0) is 14.2 Å². The van der Waals surface area contributed by atoms with E-state index in [1.165, 1.54) is 7.11 Å². The van der Waals surface area contributed by atoms with E-state index in [-0.39, 0.29) is 6.10 Å². The van der Waals surface area contributed by atoms with Crippen LogP contribution in [-0.4, -0.2) is 25.7 Å². The van der Waals surface area contributed by atoms with Gasteiger partial charge in [0.05, 0.1) is 13.2 Å². The van der Waals surface area contributed by atoms with Crippen molar-refractivity contribution in [1.82, 2.24) is 0 Å². The minimum Gasteiger partial charge on any atom is -0.438 e. The van der Waals surface area contributed by atoms with Crippen molar-refractivity contribution in [3.63, 3.8) is 0 Å². The zero-order chi connectivity index (χ0) is 8.85. The van der Waals surface area contributed by atoms with Gasteiger partial charge in [-0.3, -0.25) is 0 Å². The zero-order valence-corrected chi connectivity index (χ0v) is 7.29. The standard InChI is InChI=1S/C7H14O4/c1-5(2)10-6(3)11-7(8)9-4/h5-6H,1-4H3. The van der Waals surface area contributed by atoms with Crippen LogP contribution >= 0.6 is 0 Å². The highest BCUT2D eigenvalue weighted by Gasteiger charge is 2.09. The lowest BCUT2D eigenvalue weighted by Gasteiger charge is -2.15. The van der Waals surface area contributed by atoms with Crippen molar-refractivity contribution in [3.05, 3.63) is 0 Å². The van der Waals surface area contributed by atoms with Gasteiger partial charge in [-0.15, -0.1) is 0 Å². The Hall–Kier alpha value is -0.770. The fourth-order valence-electron chi connectivity index (χ4n) is 0.595. The van der Waals surface area contributed by atoms with Gasteiger partial charge in [0, 0.05) is 0 Å². The second kappa shape index (κ2) is 4.96. The molecule has 0 saturated carbocycles. The molecule has 0 fully saturated rings. The molecule has 0 aromatic carbocycles. The molecule has 0 aliphatic rings. The molecule has 4 heteroatoms. The summed E-state index contributed by atoms with van der Waals surface area (Å²) in [6.07, 6.45) is -1.24. The number of hydrogen-bond donors (Lipinski definition) is 0. The molecule has 0 aliphatic heterocycles. The SMILES string of the molecule is COC(=O)OC(C)OC(C)C. The Morgan fingerprint density at radius 2 is 1.82 bits per heavy atom. The first-order chi connectivity index (χ1) is 5.06. The van der Waals surface area contributed by atoms with E-state index in [1.54, 1.807) is 6.92 Å². The maximum Gasteiger partial charge on any atom is 0.510 e. The Balaban J connectivity index is 3.51. The summed E-state index contributed by atoms with van der Waals surface area (Å²) in [7, 11) is 1.25. The predicted octanol–water partition coefficient (Wildman–Crippen LogP) is 1.54. The van der Waals surface area contributed by atoms with Crippen LogP contribution in [0.3, 0.4) is 0 Å². The second-order valence-corrected chi connectivity index (χ2v) is 2.32. The molecular weight excluding hydrogens is 148 g/mol. The van der Waals surface area contributed by atoms with E-state index in [2.05, 4.69) is 9.47 Å². The van der Waals surface area contributed by atoms with Crippen LogP contribution in [0.4, 0.5) is 4.79 Å². The van der Waals surface area contributed by atoms with E-state index in [9.17, 15) is 4.79 Å². The first-order valence-electron chi connectivity index (χ1n) is 3.46. The van der Waals surface area contributed by atoms with Crippen molar-refractivity contribution in [2.45, 2.75) is 33.2 Å². The van der Waals surface area contributed by atoms with Gasteiger partial charge in [0.15, 0.2) is 0 Å². The Labute approximate surface area is 66.4 Å². The number of ether oxygens (including phenoxy) is 3. The van der Waals surface area contributed by atoms with Crippen molar-refractivity contribution >= 4 is 6.16 Å². The summed E-state index contributed by atoms with van der Waals surface area (Å²) >= 11 is 0. The third-order valence-corrected chi connectivity index (χ3v) is 0.893. The fraction of sp³-hybridized carbons (Fsp3) is 0.857. The summed E-state index contributed by atoms with van der Waals surface area (Å²) < 4.78 is 14.0. The largest absolute Gasteiger partial charge is 0.510 e. The molecule has 0 spiro atoms. The molecule has 0 saturated heterocycles. The minimum atomic E-state index is -0.724. The number of rotatable bonds is 3. The highest BCUT2D eigenvalue weighted by molar-refractivity contribution is 5.59. The zero-order valence-electron chi connectivity index (χ0n) is 7.29. The van der Waals surface area contributed by atoms with Crippen molar-refractivity contribution < 1.29 is 19.0 Å². The Bertz CT molecular complexity index is 122. The normalized spacial score (nSPS) is 12.8. The second-order valence-electron chi connectivity index (χ2n) is 2.32. The van der Waals surface area contributed by atoms with Gasteiger partial charge >= 0.3 is 6.16 Å². The van der Waals surface area contributed by atoms with Gasteiger partial charge in [0.2, 0.25) is 6.29 Å². The van der Waals surface area contributed by atoms with E-state index in [1.807, 2.05) is 13.8 Å². The number of carbonyl (C=O) groups is 1. The molecule has 0 amide bonds. The molecule has 0 radical (unpaired) electrons. The highest BCUT2D eigenvalue weighted by Crippen LogP contribution is 1.99. The molecule has 1 unspecified atom stereocenters. The van der Waals surface area contributed by atoms with Crippen LogP contribution in [0.15, 0.2) is 0 Å². The summed E-state index contributed by atoms with van der Waals surface area (Å²) in [4.78, 5) is 10.5. The third-order valence-electron chi connectivity index (χ3n) is 0.893. The summed E-state index contributed by atoms with van der Waals surface area (Å²) in [5.74, 6) is 0. The van der Waals surface area contributed by atoms with Crippen LogP contribution in [0, 0.1) is 0 Å². The minimum absolute atomic E-state index is 0.0367. The van der Waals surface area contributed by atoms with Gasteiger partial charge in [-0.2, -0.15) is 0 Å². The van der Waals surface area contributed by atoms with E-state index >= 15 is 0 Å². The number of methoxy groups -OCH3 is 1. The van der Waals surface area contributed by atoms with Crippen LogP contribution in [0.25, 0.3) is 0 Å². The van der Waals surface area contributed by atoms with Gasteiger partial charge in [-0.25, -0.2) is 4.79 Å². The fourth-order valence-corrected chi connectivity index (χ4v) is 0.595. The van der Waals surface area contributed by atoms with Crippen LogP contribution < -0.4 is 0 Å². The Kier molecular flexibility index (Phi) is 4.61. The quantitative estimate of drug-likeness (QED) is 0.466. The molecule has 1 atom stereocenters. The lowest BCUT2D eigenvalue weighted by molar-refractivity contribution is -0.129.